The molecule has 0 radical (unpaired) electrons. The first-order valence-electron chi connectivity index (χ1n) is 7.81. The Balaban J connectivity index is 0.000000533. The summed E-state index contributed by atoms with van der Waals surface area (Å²) in [5, 5.41) is 3.61. The van der Waals surface area contributed by atoms with Gasteiger partial charge in [-0.25, -0.2) is 10.2 Å². The van der Waals surface area contributed by atoms with Crippen LogP contribution in [-0.2, 0) is 19.6 Å². The zero-order chi connectivity index (χ0) is 21.3. The van der Waals surface area contributed by atoms with E-state index in [1.54, 1.807) is 32.9 Å². The number of urea groups is 1. The van der Waals surface area contributed by atoms with Crippen molar-refractivity contribution in [1.29, 1.82) is 0 Å². The van der Waals surface area contributed by atoms with Crippen LogP contribution in [0.2, 0.25) is 0 Å². The van der Waals surface area contributed by atoms with Gasteiger partial charge >= 0.3 is 6.03 Å². The number of primary amides is 1. The number of hydrogen-bond donors (Lipinski definition) is 4. The van der Waals surface area contributed by atoms with Crippen LogP contribution < -0.4 is 16.9 Å². The average Bonchev–Trinajstić information content (AvgIpc) is 2.50. The molecule has 152 valence electrons. The largest absolute Gasteiger partial charge is 0.473 e. The third-order valence-corrected chi connectivity index (χ3v) is 3.54. The maximum atomic E-state index is 10.5. The molecule has 0 bridgehead atoms. The first-order valence-corrected chi connectivity index (χ1v) is 9.25. The molecule has 1 rings (SSSR count). The number of nitrogens with zero attached hydrogens (tertiary/aromatic N) is 1. The van der Waals surface area contributed by atoms with E-state index in [-0.39, 0.29) is 17.2 Å². The van der Waals surface area contributed by atoms with Crippen molar-refractivity contribution in [1.82, 2.24) is 5.43 Å². The van der Waals surface area contributed by atoms with E-state index >= 15 is 0 Å². The maximum Gasteiger partial charge on any atom is 0.332 e. The normalized spacial score (nSPS) is 13.0. The third kappa shape index (κ3) is 11.7. The van der Waals surface area contributed by atoms with Crippen molar-refractivity contribution >= 4 is 28.3 Å². The summed E-state index contributed by atoms with van der Waals surface area (Å²) in [6.45, 7) is 7.22. The molecule has 2 amide bonds. The monoisotopic (exact) mass is 402 g/mol. The number of amides is 2. The summed E-state index contributed by atoms with van der Waals surface area (Å²) in [6, 6.07) is 4.46. The van der Waals surface area contributed by atoms with E-state index in [1.165, 1.54) is 12.1 Å². The quantitative estimate of drug-likeness (QED) is 0.186. The molecular formula is C16H26N4O6S. The van der Waals surface area contributed by atoms with E-state index in [2.05, 4.69) is 5.10 Å². The second kappa shape index (κ2) is 10.6. The van der Waals surface area contributed by atoms with Crippen LogP contribution in [0.5, 0.6) is 0 Å². The van der Waals surface area contributed by atoms with Gasteiger partial charge < -0.3 is 21.0 Å². The lowest BCUT2D eigenvalue weighted by atomic mass is 10.1. The fraction of sp³-hybridized carbons (Fsp3) is 0.438. The van der Waals surface area contributed by atoms with Crippen molar-refractivity contribution in [2.75, 3.05) is 0 Å². The molecule has 0 aromatic heterocycles. The van der Waals surface area contributed by atoms with Gasteiger partial charge in [-0.05, 0) is 39.8 Å². The molecule has 0 heterocycles. The Morgan fingerprint density at radius 2 is 1.85 bits per heavy atom. The minimum absolute atomic E-state index is 0.0509. The van der Waals surface area contributed by atoms with E-state index in [0.29, 0.717) is 6.29 Å². The van der Waals surface area contributed by atoms with Gasteiger partial charge in [-0.1, -0.05) is 17.7 Å². The van der Waals surface area contributed by atoms with E-state index in [9.17, 15) is 18.0 Å². The molecule has 27 heavy (non-hydrogen) atoms. The predicted molar refractivity (Wildman–Crippen MR) is 101 cm³/mol. The number of carbonyl (C=O) groups is 2. The lowest BCUT2D eigenvalue weighted by Gasteiger charge is -2.24. The third-order valence-electron chi connectivity index (χ3n) is 2.67. The molecule has 0 saturated heterocycles. The summed E-state index contributed by atoms with van der Waals surface area (Å²) in [4.78, 5) is 20.7. The fourth-order valence-corrected chi connectivity index (χ4v) is 2.00. The smallest absolute Gasteiger partial charge is 0.332 e. The summed E-state index contributed by atoms with van der Waals surface area (Å²) < 4.78 is 34.9. The number of rotatable bonds is 5. The van der Waals surface area contributed by atoms with Gasteiger partial charge in [0.2, 0.25) is 5.90 Å². The number of hydrazone groups is 1. The molecular weight excluding hydrogens is 376 g/mol. The number of nitrogens with two attached hydrogens (primary N) is 2. The molecule has 1 aromatic rings. The van der Waals surface area contributed by atoms with Gasteiger partial charge in [0.1, 0.15) is 11.9 Å². The predicted octanol–water partition coefficient (Wildman–Crippen LogP) is 0.941. The van der Waals surface area contributed by atoms with E-state index in [4.69, 9.17) is 20.8 Å². The van der Waals surface area contributed by atoms with Crippen LogP contribution in [0, 0.1) is 6.92 Å². The summed E-state index contributed by atoms with van der Waals surface area (Å²) in [7, 11) is -4.02. The Labute approximate surface area is 158 Å². The average molecular weight is 402 g/mol. The van der Waals surface area contributed by atoms with Crippen LogP contribution in [0.25, 0.3) is 0 Å². The zero-order valence-electron chi connectivity index (χ0n) is 15.7. The molecule has 1 unspecified atom stereocenters. The summed E-state index contributed by atoms with van der Waals surface area (Å²) in [5.74, 6) is 0.0680. The minimum atomic E-state index is -4.02. The second-order valence-corrected chi connectivity index (χ2v) is 7.86. The summed E-state index contributed by atoms with van der Waals surface area (Å²) >= 11 is 0. The number of ether oxygens (including phenoxy) is 1. The fourth-order valence-electron chi connectivity index (χ4n) is 1.52. The van der Waals surface area contributed by atoms with Gasteiger partial charge in [0.25, 0.3) is 10.1 Å². The minimum Gasteiger partial charge on any atom is -0.473 e. The zero-order valence-corrected chi connectivity index (χ0v) is 16.5. The van der Waals surface area contributed by atoms with E-state index < -0.39 is 27.8 Å². The van der Waals surface area contributed by atoms with Crippen LogP contribution in [0.1, 0.15) is 32.8 Å². The number of hydrogen-bond acceptors (Lipinski definition) is 7. The van der Waals surface area contributed by atoms with Gasteiger partial charge in [-0.15, -0.1) is 5.10 Å². The molecule has 0 fully saturated rings. The van der Waals surface area contributed by atoms with Crippen LogP contribution >= 0.6 is 0 Å². The second-order valence-electron chi connectivity index (χ2n) is 6.44. The van der Waals surface area contributed by atoms with Crippen LogP contribution in [0.3, 0.4) is 0 Å². The first-order chi connectivity index (χ1) is 12.3. The highest BCUT2D eigenvalue weighted by molar-refractivity contribution is 7.85. The highest BCUT2D eigenvalue weighted by Gasteiger charge is 2.20. The van der Waals surface area contributed by atoms with E-state index in [1.807, 2.05) is 12.3 Å². The van der Waals surface area contributed by atoms with Crippen molar-refractivity contribution in [3.05, 3.63) is 29.8 Å². The highest BCUT2D eigenvalue weighted by Crippen LogP contribution is 2.10. The van der Waals surface area contributed by atoms with Gasteiger partial charge in [-0.3, -0.25) is 4.55 Å². The Kier molecular flexibility index (Phi) is 9.62. The van der Waals surface area contributed by atoms with Gasteiger partial charge in [-0.2, -0.15) is 8.42 Å². The first kappa shape index (κ1) is 24.5. The number of carbonyl (C=O) groups excluding carboxylic acids is 2. The van der Waals surface area contributed by atoms with Crippen LogP contribution in [0.4, 0.5) is 4.79 Å². The molecule has 1 aromatic carbocycles. The Morgan fingerprint density at radius 3 is 2.22 bits per heavy atom. The highest BCUT2D eigenvalue weighted by atomic mass is 32.2. The van der Waals surface area contributed by atoms with Gasteiger partial charge in [0.05, 0.1) is 10.9 Å². The number of aryl methyl sites for hydroxylation is 1. The van der Waals surface area contributed by atoms with E-state index in [0.717, 1.165) is 5.56 Å². The molecule has 11 heteroatoms. The topological polar surface area (TPSA) is 174 Å². The molecule has 0 spiro atoms. The molecule has 1 atom stereocenters. The lowest BCUT2D eigenvalue weighted by Crippen LogP contribution is -2.40. The van der Waals surface area contributed by atoms with Gasteiger partial charge in [0.15, 0.2) is 0 Å². The van der Waals surface area contributed by atoms with Crippen molar-refractivity contribution in [2.24, 2.45) is 16.6 Å². The van der Waals surface area contributed by atoms with Gasteiger partial charge in [0, 0.05) is 6.42 Å². The molecule has 0 saturated carbocycles. The van der Waals surface area contributed by atoms with Crippen molar-refractivity contribution in [3.63, 3.8) is 0 Å². The Morgan fingerprint density at radius 1 is 1.33 bits per heavy atom. The SMILES string of the molecule is CC(C)(C)OC(=NNC(N)=O)C(N)CC=O.Cc1ccc(S(=O)(=O)O)cc1. The van der Waals surface area contributed by atoms with Crippen molar-refractivity contribution in [2.45, 2.75) is 50.7 Å². The molecule has 6 N–H and O–H groups in total. The lowest BCUT2D eigenvalue weighted by molar-refractivity contribution is -0.108. The molecule has 10 nitrogen and oxygen atoms in total. The Hall–Kier alpha value is -2.50. The molecule has 0 aliphatic rings. The summed E-state index contributed by atoms with van der Waals surface area (Å²) in [6.07, 6.45) is 0.700. The number of nitrogens with one attached hydrogen (secondary N) is 1. The van der Waals surface area contributed by atoms with Crippen LogP contribution in [0.15, 0.2) is 34.3 Å². The molecule has 0 aliphatic heterocycles. The summed E-state index contributed by atoms with van der Waals surface area (Å²) in [5.41, 5.74) is 12.9. The van der Waals surface area contributed by atoms with Crippen LogP contribution in [-0.4, -0.2) is 42.8 Å². The van der Waals surface area contributed by atoms with Crippen molar-refractivity contribution < 1.29 is 27.3 Å². The number of benzene rings is 1. The number of aldehydes is 1. The Bertz CT molecular complexity index is 754. The van der Waals surface area contributed by atoms with Crippen molar-refractivity contribution in [3.8, 4) is 0 Å². The standard InChI is InChI=1S/C9H18N4O3.C7H8O3S/c1-9(2,3)16-7(6(10)4-5-14)12-13-8(11)15;1-6-2-4-7(5-3-6)11(8,9)10/h5-6H,4,10H2,1-3H3,(H3,11,13,15);2-5H,1H3,(H,8,9,10). The maximum absolute atomic E-state index is 10.5. The molecule has 0 aliphatic carbocycles.